The van der Waals surface area contributed by atoms with E-state index in [0.29, 0.717) is 0 Å². The Labute approximate surface area is 198 Å². The number of rotatable bonds is 17. The Morgan fingerprint density at radius 2 is 1.06 bits per heavy atom. The first-order chi connectivity index (χ1) is 16.1. The van der Waals surface area contributed by atoms with Crippen LogP contribution < -0.4 is 38.9 Å². The molecule has 0 rings (SSSR count). The van der Waals surface area contributed by atoms with E-state index in [4.69, 9.17) is 28.0 Å². The van der Waals surface area contributed by atoms with E-state index in [1.165, 1.54) is 0 Å². The summed E-state index contributed by atoms with van der Waals surface area (Å²) in [5.41, 5.74) is 20.6. The number of amides is 6. The van der Waals surface area contributed by atoms with Crippen molar-refractivity contribution in [3.05, 3.63) is 0 Å². The minimum atomic E-state index is -1.66. The van der Waals surface area contributed by atoms with Crippen LogP contribution in [0.25, 0.3) is 0 Å². The second-order valence-electron chi connectivity index (χ2n) is 7.41. The highest BCUT2D eigenvalue weighted by Crippen LogP contribution is 2.04. The van der Waals surface area contributed by atoms with Gasteiger partial charge in [-0.3, -0.25) is 33.6 Å². The second kappa shape index (κ2) is 14.8. The molecule has 0 bridgehead atoms. The Hall–Kier alpha value is -4.28. The molecule has 35 heavy (non-hydrogen) atoms. The molecule has 0 spiro atoms. The quantitative estimate of drug-likeness (QED) is 0.0902. The molecule has 4 unspecified atom stereocenters. The van der Waals surface area contributed by atoms with Gasteiger partial charge in [0.1, 0.15) is 18.1 Å². The van der Waals surface area contributed by atoms with Crippen LogP contribution in [-0.2, 0) is 38.4 Å². The third kappa shape index (κ3) is 13.1. The van der Waals surface area contributed by atoms with Crippen molar-refractivity contribution in [1.29, 1.82) is 0 Å². The number of nitrogens with one attached hydrogen (secondary N) is 3. The Bertz CT molecular complexity index is 863. The first-order valence-corrected chi connectivity index (χ1v) is 10.1. The zero-order chi connectivity index (χ0) is 27.3. The van der Waals surface area contributed by atoms with Crippen LogP contribution in [0.4, 0.5) is 0 Å². The number of hydrogen-bond acceptors (Lipinski definition) is 9. The molecule has 4 atom stereocenters. The molecule has 0 aliphatic rings. The molecule has 13 N–H and O–H groups in total. The van der Waals surface area contributed by atoms with Crippen molar-refractivity contribution < 1.29 is 48.6 Å². The van der Waals surface area contributed by atoms with Crippen LogP contribution in [0.1, 0.15) is 38.5 Å². The Morgan fingerprint density at radius 3 is 1.51 bits per heavy atom. The molecule has 0 aromatic heterocycles. The van der Waals surface area contributed by atoms with Crippen molar-refractivity contribution in [2.24, 2.45) is 22.9 Å². The average Bonchev–Trinajstić information content (AvgIpc) is 2.71. The van der Waals surface area contributed by atoms with Gasteiger partial charge in [0.25, 0.3) is 0 Å². The number of aliphatic carboxylic acids is 2. The number of carbonyl (C=O) groups excluding carboxylic acids is 6. The molecule has 0 saturated carbocycles. The maximum absolute atomic E-state index is 12.7. The minimum absolute atomic E-state index is 0.406. The number of primary amides is 3. The van der Waals surface area contributed by atoms with Crippen LogP contribution >= 0.6 is 0 Å². The lowest BCUT2D eigenvalue weighted by Gasteiger charge is -2.24. The third-order valence-corrected chi connectivity index (χ3v) is 4.37. The lowest BCUT2D eigenvalue weighted by atomic mass is 10.1. The summed E-state index contributed by atoms with van der Waals surface area (Å²) >= 11 is 0. The van der Waals surface area contributed by atoms with Crippen molar-refractivity contribution in [2.45, 2.75) is 62.7 Å². The van der Waals surface area contributed by atoms with Crippen LogP contribution in [0.5, 0.6) is 0 Å². The summed E-state index contributed by atoms with van der Waals surface area (Å²) in [6.45, 7) is 0. The third-order valence-electron chi connectivity index (χ3n) is 4.37. The first kappa shape index (κ1) is 30.7. The molecule has 0 saturated heterocycles. The number of carboxylic acids is 2. The van der Waals surface area contributed by atoms with Crippen LogP contribution in [0.2, 0.25) is 0 Å². The van der Waals surface area contributed by atoms with Crippen molar-refractivity contribution in [3.8, 4) is 0 Å². The van der Waals surface area contributed by atoms with E-state index in [1.807, 2.05) is 5.32 Å². The SMILES string of the molecule is NC(=O)CCC(NC(=O)C(CC(N)=O)NC(=O)C(N)CC(N)=O)C(=O)NC(CCC(=O)O)C(=O)O. The van der Waals surface area contributed by atoms with Crippen molar-refractivity contribution in [1.82, 2.24) is 16.0 Å². The lowest BCUT2D eigenvalue weighted by molar-refractivity contribution is -0.143. The van der Waals surface area contributed by atoms with Crippen molar-refractivity contribution >= 4 is 47.4 Å². The highest BCUT2D eigenvalue weighted by atomic mass is 16.4. The normalized spacial score (nSPS) is 13.9. The minimum Gasteiger partial charge on any atom is -0.481 e. The summed E-state index contributed by atoms with van der Waals surface area (Å²) in [7, 11) is 0. The van der Waals surface area contributed by atoms with Gasteiger partial charge >= 0.3 is 11.9 Å². The maximum Gasteiger partial charge on any atom is 0.326 e. The fourth-order valence-corrected chi connectivity index (χ4v) is 2.62. The molecule has 0 fully saturated rings. The molecule has 0 aliphatic heterocycles. The van der Waals surface area contributed by atoms with E-state index in [1.54, 1.807) is 0 Å². The smallest absolute Gasteiger partial charge is 0.326 e. The van der Waals surface area contributed by atoms with Crippen LogP contribution in [-0.4, -0.2) is 81.8 Å². The van der Waals surface area contributed by atoms with E-state index < -0.39 is 110 Å². The summed E-state index contributed by atoms with van der Waals surface area (Å²) in [5, 5.41) is 24.2. The Morgan fingerprint density at radius 1 is 0.600 bits per heavy atom. The molecule has 0 aliphatic carbocycles. The number of carboxylic acid groups (broad SMARTS) is 2. The highest BCUT2D eigenvalue weighted by Gasteiger charge is 2.31. The van der Waals surface area contributed by atoms with Gasteiger partial charge in [0, 0.05) is 12.8 Å². The Kier molecular flexibility index (Phi) is 13.0. The number of hydrogen-bond donors (Lipinski definition) is 9. The molecule has 0 heterocycles. The van der Waals surface area contributed by atoms with Crippen LogP contribution in [0.3, 0.4) is 0 Å². The molecule has 17 nitrogen and oxygen atoms in total. The van der Waals surface area contributed by atoms with Gasteiger partial charge in [-0.25, -0.2) is 4.79 Å². The summed E-state index contributed by atoms with van der Waals surface area (Å²) in [5.74, 6) is -8.96. The van der Waals surface area contributed by atoms with Crippen LogP contribution in [0.15, 0.2) is 0 Å². The summed E-state index contributed by atoms with van der Waals surface area (Å²) in [6, 6.07) is -6.34. The van der Waals surface area contributed by atoms with E-state index in [9.17, 15) is 43.5 Å². The van der Waals surface area contributed by atoms with Crippen LogP contribution in [0, 0.1) is 0 Å². The molecule has 0 aromatic carbocycles. The van der Waals surface area contributed by atoms with Gasteiger partial charge < -0.3 is 49.1 Å². The maximum atomic E-state index is 12.7. The van der Waals surface area contributed by atoms with Gasteiger partial charge in [0.15, 0.2) is 0 Å². The monoisotopic (exact) mass is 503 g/mol. The largest absolute Gasteiger partial charge is 0.481 e. The van der Waals surface area contributed by atoms with Crippen molar-refractivity contribution in [3.63, 3.8) is 0 Å². The number of nitrogens with two attached hydrogens (primary N) is 4. The Balaban J connectivity index is 5.62. The van der Waals surface area contributed by atoms with Gasteiger partial charge in [-0.15, -0.1) is 0 Å². The molecular formula is C18H29N7O10. The predicted octanol–water partition coefficient (Wildman–Crippen LogP) is -5.27. The molecule has 17 heteroatoms. The molecule has 6 amide bonds. The zero-order valence-electron chi connectivity index (χ0n) is 18.5. The molecule has 0 radical (unpaired) electrons. The van der Waals surface area contributed by atoms with Crippen molar-refractivity contribution in [2.75, 3.05) is 0 Å². The lowest BCUT2D eigenvalue weighted by Crippen LogP contribution is -2.58. The van der Waals surface area contributed by atoms with Gasteiger partial charge in [0.05, 0.1) is 18.9 Å². The molecule has 196 valence electrons. The topological polar surface area (TPSA) is 317 Å². The summed E-state index contributed by atoms with van der Waals surface area (Å²) in [6.07, 6.45) is -3.23. The van der Waals surface area contributed by atoms with Gasteiger partial charge in [0.2, 0.25) is 35.4 Å². The van der Waals surface area contributed by atoms with E-state index in [2.05, 4.69) is 10.6 Å². The fourth-order valence-electron chi connectivity index (χ4n) is 2.62. The standard InChI is InChI=1S/C18H29N7O10/c19-7(5-12(21)27)15(31)25-10(6-13(22)28)17(33)23-8(1-3-11(20)26)16(32)24-9(18(34)35)2-4-14(29)30/h7-10H,1-6,19H2,(H2,20,26)(H2,21,27)(H2,22,28)(H,23,33)(H,24,32)(H,25,31)(H,29,30)(H,34,35). The summed E-state index contributed by atoms with van der Waals surface area (Å²) in [4.78, 5) is 92.9. The zero-order valence-corrected chi connectivity index (χ0v) is 18.5. The van der Waals surface area contributed by atoms with E-state index in [0.717, 1.165) is 0 Å². The first-order valence-electron chi connectivity index (χ1n) is 10.1. The van der Waals surface area contributed by atoms with E-state index >= 15 is 0 Å². The summed E-state index contributed by atoms with van der Waals surface area (Å²) < 4.78 is 0. The molecule has 0 aromatic rings. The van der Waals surface area contributed by atoms with Gasteiger partial charge in [-0.1, -0.05) is 0 Å². The average molecular weight is 503 g/mol. The van der Waals surface area contributed by atoms with E-state index in [-0.39, 0.29) is 0 Å². The highest BCUT2D eigenvalue weighted by molar-refractivity contribution is 5.97. The molecular weight excluding hydrogens is 474 g/mol. The number of carbonyl (C=O) groups is 8. The van der Waals surface area contributed by atoms with Gasteiger partial charge in [-0.05, 0) is 12.8 Å². The predicted molar refractivity (Wildman–Crippen MR) is 114 cm³/mol. The fraction of sp³-hybridized carbons (Fsp3) is 0.556. The van der Waals surface area contributed by atoms with Gasteiger partial charge in [-0.2, -0.15) is 0 Å². The second-order valence-corrected chi connectivity index (χ2v) is 7.41.